The molecule has 35 heavy (non-hydrogen) atoms. The minimum atomic E-state index is -2.20. The number of hydrogen-bond donors (Lipinski definition) is 1. The summed E-state index contributed by atoms with van der Waals surface area (Å²) in [6, 6.07) is 7.94. The molecule has 0 bridgehead atoms. The fourth-order valence-electron chi connectivity index (χ4n) is 7.39. The first-order valence-corrected chi connectivity index (χ1v) is 13.2. The van der Waals surface area contributed by atoms with Gasteiger partial charge in [0.2, 0.25) is 0 Å². The van der Waals surface area contributed by atoms with E-state index < -0.39 is 12.6 Å². The molecule has 3 heteroatoms. The summed E-state index contributed by atoms with van der Waals surface area (Å²) >= 11 is 0. The van der Waals surface area contributed by atoms with Crippen molar-refractivity contribution in [2.24, 2.45) is 22.7 Å². The van der Waals surface area contributed by atoms with Crippen LogP contribution in [0.3, 0.4) is 0 Å². The van der Waals surface area contributed by atoms with Gasteiger partial charge >= 0.3 is 0 Å². The molecule has 1 aromatic carbocycles. The Labute approximate surface area is 215 Å². The van der Waals surface area contributed by atoms with E-state index in [-0.39, 0.29) is 22.5 Å². The van der Waals surface area contributed by atoms with E-state index >= 15 is 0 Å². The van der Waals surface area contributed by atoms with Gasteiger partial charge in [0.05, 0.1) is 0 Å². The van der Waals surface area contributed by atoms with Crippen molar-refractivity contribution in [1.82, 2.24) is 0 Å². The molecular weight excluding hydrogens is 430 g/mol. The lowest BCUT2D eigenvalue weighted by atomic mass is 9.51. The molecule has 4 aliphatic rings. The predicted molar refractivity (Wildman–Crippen MR) is 143 cm³/mol. The maximum Gasteiger partial charge on any atom is 0.156 e. The van der Waals surface area contributed by atoms with Crippen molar-refractivity contribution in [2.45, 2.75) is 84.2 Å². The number of carbonyl (C=O) groups excluding carboxylic acids is 1. The van der Waals surface area contributed by atoms with Crippen molar-refractivity contribution in [2.75, 3.05) is 18.9 Å². The highest BCUT2D eigenvalue weighted by atomic mass is 16.3. The first kappa shape index (κ1) is 20.8. The van der Waals surface area contributed by atoms with Crippen molar-refractivity contribution in [3.05, 3.63) is 52.6 Å². The van der Waals surface area contributed by atoms with Crippen LogP contribution in [0.15, 0.2) is 47.1 Å². The Hall–Kier alpha value is -2.31. The Bertz CT molecular complexity index is 1260. The van der Waals surface area contributed by atoms with Crippen LogP contribution >= 0.6 is 0 Å². The molecule has 5 rings (SSSR count). The van der Waals surface area contributed by atoms with E-state index in [1.807, 2.05) is 18.2 Å². The van der Waals surface area contributed by atoms with Crippen molar-refractivity contribution < 1.29 is 14.0 Å². The number of rotatable bonds is 2. The average Bonchev–Trinajstić information content (AvgIpc) is 3.11. The summed E-state index contributed by atoms with van der Waals surface area (Å²) in [6.07, 6.45) is 7.59. The molecule has 0 spiro atoms. The molecule has 2 fully saturated rings. The van der Waals surface area contributed by atoms with Gasteiger partial charge in [-0.25, -0.2) is 0 Å². The smallest absolute Gasteiger partial charge is 0.156 e. The lowest BCUT2D eigenvalue weighted by Crippen LogP contribution is -2.51. The minimum absolute atomic E-state index is 0.0985. The SMILES string of the molecule is [2H]C([2H])([2H])N(C)c1ccc([C@H]2C[C@@]3(C)[C@@H](CC[C@@]3(O)C#CC(C)(C)C)[C@@H]3CCC4=CC(=O)CCC4=C32)cc1. The maximum atomic E-state index is 12.3. The second-order valence-electron chi connectivity index (χ2n) is 12.5. The van der Waals surface area contributed by atoms with Crippen LogP contribution < -0.4 is 4.90 Å². The quantitative estimate of drug-likeness (QED) is 0.502. The Balaban J connectivity index is 1.62. The van der Waals surface area contributed by atoms with Crippen molar-refractivity contribution >= 4 is 11.5 Å². The topological polar surface area (TPSA) is 40.5 Å². The number of fused-ring (bicyclic) bond motifs is 4. The number of anilines is 1. The van der Waals surface area contributed by atoms with Gasteiger partial charge in [0, 0.05) is 47.0 Å². The first-order valence-electron chi connectivity index (χ1n) is 14.7. The number of benzene rings is 1. The first-order chi connectivity index (χ1) is 17.6. The summed E-state index contributed by atoms with van der Waals surface area (Å²) in [6.45, 7) is 6.31. The second-order valence-corrected chi connectivity index (χ2v) is 12.5. The molecule has 0 aliphatic heterocycles. The largest absolute Gasteiger partial charge is 0.378 e. The maximum absolute atomic E-state index is 12.3. The van der Waals surface area contributed by atoms with E-state index in [2.05, 4.69) is 51.7 Å². The van der Waals surface area contributed by atoms with Crippen LogP contribution in [0, 0.1) is 34.5 Å². The van der Waals surface area contributed by atoms with Crippen LogP contribution in [0.2, 0.25) is 0 Å². The Morgan fingerprint density at radius 2 is 1.89 bits per heavy atom. The van der Waals surface area contributed by atoms with Gasteiger partial charge in [-0.1, -0.05) is 36.5 Å². The molecule has 186 valence electrons. The molecule has 3 nitrogen and oxygen atoms in total. The monoisotopic (exact) mass is 474 g/mol. The van der Waals surface area contributed by atoms with Crippen molar-refractivity contribution in [3.63, 3.8) is 0 Å². The van der Waals surface area contributed by atoms with E-state index in [4.69, 9.17) is 4.11 Å². The van der Waals surface area contributed by atoms with Crippen molar-refractivity contribution in [3.8, 4) is 11.8 Å². The molecule has 1 N–H and O–H groups in total. The fraction of sp³-hybridized carbons (Fsp3) is 0.594. The molecule has 2 saturated carbocycles. The summed E-state index contributed by atoms with van der Waals surface area (Å²) < 4.78 is 23.3. The van der Waals surface area contributed by atoms with E-state index in [0.717, 1.165) is 37.7 Å². The lowest BCUT2D eigenvalue weighted by Gasteiger charge is -2.53. The molecular formula is C32H41NO2. The Kier molecular flexibility index (Phi) is 4.99. The molecule has 0 radical (unpaired) electrons. The van der Waals surface area contributed by atoms with Crippen LogP contribution in [0.25, 0.3) is 0 Å². The Morgan fingerprint density at radius 1 is 1.14 bits per heavy atom. The zero-order chi connectivity index (χ0) is 27.7. The molecule has 4 aliphatic carbocycles. The standard InChI is InChI=1S/C32H41NO2/c1-30(2,3)17-18-32(35)16-15-28-26-13-9-22-19-24(34)12-14-25(22)29(26)27(20-31(28,32)4)21-7-10-23(11-8-21)33(5)6/h7-8,10-11,19,26-28,35H,9,12-16,20H2,1-6H3/t26-,27+,28-,31-,32+/m0/s1/i5D3. The average molecular weight is 475 g/mol. The van der Waals surface area contributed by atoms with E-state index in [1.165, 1.54) is 21.6 Å². The highest BCUT2D eigenvalue weighted by molar-refractivity contribution is 5.93. The summed E-state index contributed by atoms with van der Waals surface area (Å²) in [5.41, 5.74) is 4.26. The van der Waals surface area contributed by atoms with Crippen LogP contribution in [-0.4, -0.2) is 30.5 Å². The molecule has 0 heterocycles. The minimum Gasteiger partial charge on any atom is -0.378 e. The molecule has 0 amide bonds. The van der Waals surface area contributed by atoms with Gasteiger partial charge in [-0.3, -0.25) is 4.79 Å². The van der Waals surface area contributed by atoms with Crippen LogP contribution in [-0.2, 0) is 4.79 Å². The number of ketones is 1. The summed E-state index contributed by atoms with van der Waals surface area (Å²) in [4.78, 5) is 13.6. The van der Waals surface area contributed by atoms with E-state index in [0.29, 0.717) is 30.4 Å². The zero-order valence-electron chi connectivity index (χ0n) is 24.9. The molecule has 0 saturated heterocycles. The normalized spacial score (nSPS) is 35.9. The van der Waals surface area contributed by atoms with Gasteiger partial charge in [0.25, 0.3) is 0 Å². The number of allylic oxidation sites excluding steroid dienone is 4. The second kappa shape index (κ2) is 8.38. The third-order valence-corrected chi connectivity index (χ3v) is 9.21. The van der Waals surface area contributed by atoms with Gasteiger partial charge in [0.1, 0.15) is 5.60 Å². The van der Waals surface area contributed by atoms with Gasteiger partial charge in [-0.2, -0.15) is 0 Å². The van der Waals surface area contributed by atoms with E-state index in [1.54, 1.807) is 7.05 Å². The van der Waals surface area contributed by atoms with Crippen LogP contribution in [0.5, 0.6) is 0 Å². The zero-order valence-corrected chi connectivity index (χ0v) is 21.9. The molecule has 5 atom stereocenters. The van der Waals surface area contributed by atoms with Gasteiger partial charge in [0.15, 0.2) is 5.78 Å². The van der Waals surface area contributed by atoms with Gasteiger partial charge < -0.3 is 10.0 Å². The summed E-state index contributed by atoms with van der Waals surface area (Å²) in [5.74, 6) is 7.76. The number of carbonyl (C=O) groups is 1. The van der Waals surface area contributed by atoms with Gasteiger partial charge in [-0.05, 0) is 106 Å². The number of aliphatic hydroxyl groups is 1. The molecule has 0 unspecified atom stereocenters. The van der Waals surface area contributed by atoms with E-state index in [9.17, 15) is 9.90 Å². The summed E-state index contributed by atoms with van der Waals surface area (Å²) in [5, 5.41) is 12.1. The van der Waals surface area contributed by atoms with Crippen LogP contribution in [0.4, 0.5) is 5.69 Å². The van der Waals surface area contributed by atoms with Crippen LogP contribution in [0.1, 0.15) is 88.2 Å². The molecule has 1 aromatic rings. The molecule has 0 aromatic heterocycles. The van der Waals surface area contributed by atoms with Crippen molar-refractivity contribution in [1.29, 1.82) is 0 Å². The lowest BCUT2D eigenvalue weighted by molar-refractivity contribution is -0.114. The third-order valence-electron chi connectivity index (χ3n) is 9.21. The highest BCUT2D eigenvalue weighted by Crippen LogP contribution is 2.66. The number of nitrogens with zero attached hydrogens (tertiary/aromatic N) is 1. The number of hydrogen-bond acceptors (Lipinski definition) is 3. The third kappa shape index (κ3) is 4.09. The summed E-state index contributed by atoms with van der Waals surface area (Å²) in [7, 11) is 1.60. The van der Waals surface area contributed by atoms with Gasteiger partial charge in [-0.15, -0.1) is 0 Å². The highest BCUT2D eigenvalue weighted by Gasteiger charge is 2.62. The fourth-order valence-corrected chi connectivity index (χ4v) is 7.39. The Morgan fingerprint density at radius 3 is 2.57 bits per heavy atom. The predicted octanol–water partition coefficient (Wildman–Crippen LogP) is 6.43.